The predicted octanol–water partition coefficient (Wildman–Crippen LogP) is 0.958. The number of nitrogens with zero attached hydrogens (tertiary/aromatic N) is 5. The molecule has 6 nitrogen and oxygen atoms in total. The topological polar surface area (TPSA) is 63.9 Å². The van der Waals surface area contributed by atoms with Gasteiger partial charge in [0.05, 0.1) is 0 Å². The molecule has 0 aromatic carbocycles. The van der Waals surface area contributed by atoms with Gasteiger partial charge in [-0.05, 0) is 34.6 Å². The molecule has 0 radical (unpaired) electrons. The summed E-state index contributed by atoms with van der Waals surface area (Å²) < 4.78 is 1.65. The summed E-state index contributed by atoms with van der Waals surface area (Å²) >= 11 is 0. The van der Waals surface area contributed by atoms with Crippen LogP contribution in [0.1, 0.15) is 33.1 Å². The minimum absolute atomic E-state index is 0.214. The molecule has 1 saturated carbocycles. The molecule has 2 rings (SSSR count). The van der Waals surface area contributed by atoms with Gasteiger partial charge < -0.3 is 4.90 Å². The monoisotopic (exact) mass is 251 g/mol. The Morgan fingerprint density at radius 1 is 1.56 bits per heavy atom. The van der Waals surface area contributed by atoms with E-state index >= 15 is 0 Å². The third-order valence-corrected chi connectivity index (χ3v) is 3.81. The Morgan fingerprint density at radius 3 is 2.83 bits per heavy atom. The maximum Gasteiger partial charge on any atom is 0.222 e. The minimum atomic E-state index is 0.214. The third-order valence-electron chi connectivity index (χ3n) is 3.81. The fraction of sp³-hybridized carbons (Fsp3) is 0.833. The SMILES string of the molecule is CN(C[C@H]1CC1(C)C)C(=O)CCCn1cnnn1. The number of aromatic nitrogens is 4. The van der Waals surface area contributed by atoms with Crippen LogP contribution in [0.25, 0.3) is 0 Å². The smallest absolute Gasteiger partial charge is 0.222 e. The molecule has 0 spiro atoms. The lowest BCUT2D eigenvalue weighted by Gasteiger charge is -2.18. The van der Waals surface area contributed by atoms with Crippen molar-refractivity contribution in [3.63, 3.8) is 0 Å². The summed E-state index contributed by atoms with van der Waals surface area (Å²) in [5.41, 5.74) is 0.431. The zero-order valence-electron chi connectivity index (χ0n) is 11.3. The molecule has 0 aliphatic heterocycles. The summed E-state index contributed by atoms with van der Waals surface area (Å²) in [4.78, 5) is 13.8. The van der Waals surface area contributed by atoms with Gasteiger partial charge in [-0.1, -0.05) is 13.8 Å². The zero-order chi connectivity index (χ0) is 13.2. The van der Waals surface area contributed by atoms with Crippen LogP contribution in [-0.2, 0) is 11.3 Å². The van der Waals surface area contributed by atoms with Gasteiger partial charge in [0, 0.05) is 26.6 Å². The van der Waals surface area contributed by atoms with Crippen molar-refractivity contribution < 1.29 is 4.79 Å². The molecule has 1 atom stereocenters. The van der Waals surface area contributed by atoms with E-state index < -0.39 is 0 Å². The van der Waals surface area contributed by atoms with Crippen LogP contribution in [0.4, 0.5) is 0 Å². The molecule has 18 heavy (non-hydrogen) atoms. The van der Waals surface area contributed by atoms with E-state index in [4.69, 9.17) is 0 Å². The van der Waals surface area contributed by atoms with E-state index in [2.05, 4.69) is 29.4 Å². The van der Waals surface area contributed by atoms with Gasteiger partial charge in [0.15, 0.2) is 0 Å². The van der Waals surface area contributed by atoms with Crippen molar-refractivity contribution in [1.82, 2.24) is 25.1 Å². The van der Waals surface area contributed by atoms with E-state index in [1.165, 1.54) is 6.42 Å². The lowest BCUT2D eigenvalue weighted by Crippen LogP contribution is -2.29. The summed E-state index contributed by atoms with van der Waals surface area (Å²) in [5.74, 6) is 0.886. The van der Waals surface area contributed by atoms with Crippen LogP contribution < -0.4 is 0 Å². The second-order valence-electron chi connectivity index (χ2n) is 5.84. The summed E-state index contributed by atoms with van der Waals surface area (Å²) in [7, 11) is 1.90. The molecular weight excluding hydrogens is 230 g/mol. The van der Waals surface area contributed by atoms with Crippen molar-refractivity contribution in [2.24, 2.45) is 11.3 Å². The molecule has 1 heterocycles. The Bertz CT molecular complexity index is 401. The molecule has 100 valence electrons. The molecular formula is C12H21N5O. The average Bonchev–Trinajstić information content (AvgIpc) is 2.74. The molecule has 0 unspecified atom stereocenters. The van der Waals surface area contributed by atoms with Crippen molar-refractivity contribution in [2.75, 3.05) is 13.6 Å². The van der Waals surface area contributed by atoms with Gasteiger partial charge in [-0.3, -0.25) is 4.79 Å². The highest BCUT2D eigenvalue weighted by atomic mass is 16.2. The van der Waals surface area contributed by atoms with Gasteiger partial charge in [-0.2, -0.15) is 0 Å². The van der Waals surface area contributed by atoms with Crippen LogP contribution in [0.15, 0.2) is 6.33 Å². The average molecular weight is 251 g/mol. The van der Waals surface area contributed by atoms with E-state index in [0.717, 1.165) is 13.0 Å². The van der Waals surface area contributed by atoms with Crippen molar-refractivity contribution in [3.05, 3.63) is 6.33 Å². The fourth-order valence-electron chi connectivity index (χ4n) is 2.19. The Morgan fingerprint density at radius 2 is 2.28 bits per heavy atom. The van der Waals surface area contributed by atoms with Gasteiger partial charge in [0.2, 0.25) is 5.91 Å². The van der Waals surface area contributed by atoms with Crippen molar-refractivity contribution in [2.45, 2.75) is 39.7 Å². The molecule has 1 aromatic rings. The van der Waals surface area contributed by atoms with E-state index in [9.17, 15) is 4.79 Å². The number of hydrogen-bond donors (Lipinski definition) is 0. The van der Waals surface area contributed by atoms with Gasteiger partial charge in [0.1, 0.15) is 6.33 Å². The minimum Gasteiger partial charge on any atom is -0.345 e. The standard InChI is InChI=1S/C12H21N5O/c1-12(2)7-10(12)8-16(3)11(18)5-4-6-17-9-13-14-15-17/h9-10H,4-8H2,1-3H3/t10-/m1/s1. The number of carbonyl (C=O) groups excluding carboxylic acids is 1. The molecule has 1 amide bonds. The largest absolute Gasteiger partial charge is 0.345 e. The van der Waals surface area contributed by atoms with Crippen LogP contribution in [0.3, 0.4) is 0 Å². The summed E-state index contributed by atoms with van der Waals surface area (Å²) in [5, 5.41) is 10.9. The first-order valence-corrected chi connectivity index (χ1v) is 6.44. The van der Waals surface area contributed by atoms with Crippen molar-refractivity contribution in [1.29, 1.82) is 0 Å². The highest BCUT2D eigenvalue weighted by Gasteiger charge is 2.46. The molecule has 1 aliphatic carbocycles. The van der Waals surface area contributed by atoms with Crippen molar-refractivity contribution in [3.8, 4) is 0 Å². The van der Waals surface area contributed by atoms with Gasteiger partial charge in [0.25, 0.3) is 0 Å². The molecule has 1 aliphatic rings. The Kier molecular flexibility index (Phi) is 3.63. The highest BCUT2D eigenvalue weighted by Crippen LogP contribution is 2.51. The molecule has 0 N–H and O–H groups in total. The molecule has 1 aromatic heterocycles. The lowest BCUT2D eigenvalue weighted by atomic mass is 10.1. The lowest BCUT2D eigenvalue weighted by molar-refractivity contribution is -0.130. The van der Waals surface area contributed by atoms with E-state index in [1.807, 2.05) is 11.9 Å². The van der Waals surface area contributed by atoms with Crippen LogP contribution >= 0.6 is 0 Å². The molecule has 0 saturated heterocycles. The van der Waals surface area contributed by atoms with Gasteiger partial charge >= 0.3 is 0 Å². The summed E-state index contributed by atoms with van der Waals surface area (Å²) in [6, 6.07) is 0. The van der Waals surface area contributed by atoms with Gasteiger partial charge in [-0.25, -0.2) is 4.68 Å². The number of aryl methyl sites for hydroxylation is 1. The highest BCUT2D eigenvalue weighted by molar-refractivity contribution is 5.75. The molecule has 0 bridgehead atoms. The predicted molar refractivity (Wildman–Crippen MR) is 66.6 cm³/mol. The van der Waals surface area contributed by atoms with Crippen LogP contribution in [0.5, 0.6) is 0 Å². The zero-order valence-corrected chi connectivity index (χ0v) is 11.3. The maximum atomic E-state index is 11.9. The Balaban J connectivity index is 1.65. The molecule has 6 heteroatoms. The second-order valence-corrected chi connectivity index (χ2v) is 5.84. The maximum absolute atomic E-state index is 11.9. The third kappa shape index (κ3) is 3.27. The summed E-state index contributed by atoms with van der Waals surface area (Å²) in [6.45, 7) is 6.10. The second kappa shape index (κ2) is 5.04. The first kappa shape index (κ1) is 13.0. The first-order valence-electron chi connectivity index (χ1n) is 6.44. The van der Waals surface area contributed by atoms with E-state index in [0.29, 0.717) is 24.3 Å². The quantitative estimate of drug-likeness (QED) is 0.755. The first-order chi connectivity index (χ1) is 8.49. The number of tetrazole rings is 1. The van der Waals surface area contributed by atoms with Crippen LogP contribution in [0.2, 0.25) is 0 Å². The van der Waals surface area contributed by atoms with Gasteiger partial charge in [-0.15, -0.1) is 5.10 Å². The summed E-state index contributed by atoms with van der Waals surface area (Å²) in [6.07, 6.45) is 4.14. The van der Waals surface area contributed by atoms with Crippen molar-refractivity contribution >= 4 is 5.91 Å². The molecule has 1 fully saturated rings. The van der Waals surface area contributed by atoms with E-state index in [-0.39, 0.29) is 5.91 Å². The number of rotatable bonds is 6. The Hall–Kier alpha value is -1.46. The fourth-order valence-corrected chi connectivity index (χ4v) is 2.19. The van der Waals surface area contributed by atoms with Crippen LogP contribution in [0, 0.1) is 11.3 Å². The number of hydrogen-bond acceptors (Lipinski definition) is 4. The van der Waals surface area contributed by atoms with Crippen LogP contribution in [-0.4, -0.2) is 44.6 Å². The number of carbonyl (C=O) groups is 1. The normalized spacial score (nSPS) is 20.7. The number of amides is 1. The van der Waals surface area contributed by atoms with E-state index in [1.54, 1.807) is 11.0 Å². The Labute approximate surface area is 107 Å².